The Balaban J connectivity index is 2.50. The molecule has 0 spiro atoms. The molecule has 1 rings (SSSR count). The van der Waals surface area contributed by atoms with E-state index in [1.165, 1.54) is 0 Å². The van der Waals surface area contributed by atoms with Crippen molar-refractivity contribution in [3.63, 3.8) is 0 Å². The summed E-state index contributed by atoms with van der Waals surface area (Å²) in [6.45, 7) is 2.75. The molecule has 11 heavy (non-hydrogen) atoms. The van der Waals surface area contributed by atoms with Crippen molar-refractivity contribution in [3.05, 3.63) is 10.2 Å². The van der Waals surface area contributed by atoms with E-state index in [2.05, 4.69) is 32.7 Å². The second kappa shape index (κ2) is 4.01. The van der Waals surface area contributed by atoms with Crippen LogP contribution >= 0.6 is 22.6 Å². The van der Waals surface area contributed by atoms with E-state index in [0.717, 1.165) is 10.4 Å². The van der Waals surface area contributed by atoms with Crippen molar-refractivity contribution in [2.75, 3.05) is 7.11 Å². The summed E-state index contributed by atoms with van der Waals surface area (Å²) in [6.07, 6.45) is 1.89. The summed E-state index contributed by atoms with van der Waals surface area (Å²) in [5.41, 5.74) is 0. The third-order valence-electron chi connectivity index (χ3n) is 1.36. The van der Waals surface area contributed by atoms with Gasteiger partial charge in [0, 0.05) is 29.7 Å². The Bertz CT molecular complexity index is 225. The van der Waals surface area contributed by atoms with Crippen LogP contribution in [0.3, 0.4) is 0 Å². The van der Waals surface area contributed by atoms with Crippen LogP contribution in [0.15, 0.2) is 6.33 Å². The van der Waals surface area contributed by atoms with Gasteiger partial charge in [-0.2, -0.15) is 0 Å². The van der Waals surface area contributed by atoms with Gasteiger partial charge in [-0.05, 0) is 6.92 Å². The Kier molecular flexibility index (Phi) is 3.25. The summed E-state index contributed by atoms with van der Waals surface area (Å²) in [7, 11) is 1.69. The van der Waals surface area contributed by atoms with Crippen LogP contribution in [-0.2, 0) is 11.3 Å². The number of ether oxygens (including phenoxy) is 1. The van der Waals surface area contributed by atoms with Crippen LogP contribution in [0.25, 0.3) is 0 Å². The summed E-state index contributed by atoms with van der Waals surface area (Å²) < 4.78 is 7.62. The van der Waals surface area contributed by atoms with Crippen molar-refractivity contribution in [2.45, 2.75) is 19.6 Å². The average Bonchev–Trinajstić information content (AvgIpc) is 2.35. The van der Waals surface area contributed by atoms with E-state index in [0.29, 0.717) is 0 Å². The lowest BCUT2D eigenvalue weighted by Crippen LogP contribution is -2.14. The van der Waals surface area contributed by atoms with Crippen LogP contribution in [0.4, 0.5) is 0 Å². The molecule has 1 unspecified atom stereocenters. The minimum atomic E-state index is 0.187. The van der Waals surface area contributed by atoms with Crippen molar-refractivity contribution < 1.29 is 4.74 Å². The Morgan fingerprint density at radius 2 is 2.55 bits per heavy atom. The number of hydrogen-bond acceptors (Lipinski definition) is 3. The van der Waals surface area contributed by atoms with E-state index >= 15 is 0 Å². The van der Waals surface area contributed by atoms with Crippen molar-refractivity contribution >= 4 is 22.6 Å². The topological polar surface area (TPSA) is 39.9 Å². The minimum absolute atomic E-state index is 0.187. The fourth-order valence-corrected chi connectivity index (χ4v) is 1.10. The molecule has 1 aromatic rings. The smallest absolute Gasteiger partial charge is 0.211 e. The van der Waals surface area contributed by atoms with Gasteiger partial charge in [0.15, 0.2) is 0 Å². The first-order chi connectivity index (χ1) is 5.22. The number of rotatable bonds is 3. The van der Waals surface area contributed by atoms with E-state index < -0.39 is 0 Å². The lowest BCUT2D eigenvalue weighted by atomic mass is 10.4. The lowest BCUT2D eigenvalue weighted by Gasteiger charge is -2.07. The van der Waals surface area contributed by atoms with E-state index in [9.17, 15) is 0 Å². The van der Waals surface area contributed by atoms with Gasteiger partial charge in [0.05, 0.1) is 12.6 Å². The maximum Gasteiger partial charge on any atom is 0.211 e. The molecule has 4 nitrogen and oxygen atoms in total. The maximum absolute atomic E-state index is 5.07. The number of methoxy groups -OCH3 is 1. The molecular formula is C6H10IN3O. The van der Waals surface area contributed by atoms with Gasteiger partial charge in [0.1, 0.15) is 6.33 Å². The van der Waals surface area contributed by atoms with Crippen molar-refractivity contribution in [3.8, 4) is 0 Å². The lowest BCUT2D eigenvalue weighted by molar-refractivity contribution is 0.0996. The highest BCUT2D eigenvalue weighted by molar-refractivity contribution is 14.1. The first-order valence-corrected chi connectivity index (χ1v) is 4.38. The van der Waals surface area contributed by atoms with Gasteiger partial charge < -0.3 is 4.74 Å². The zero-order chi connectivity index (χ0) is 8.27. The van der Waals surface area contributed by atoms with Crippen LogP contribution in [0.1, 0.15) is 6.92 Å². The van der Waals surface area contributed by atoms with Crippen LogP contribution in [0, 0.1) is 3.83 Å². The molecule has 1 atom stereocenters. The fourth-order valence-electron chi connectivity index (χ4n) is 0.698. The molecule has 5 heteroatoms. The predicted octanol–water partition coefficient (Wildman–Crippen LogP) is 0.918. The number of hydrogen-bond donors (Lipinski definition) is 0. The molecule has 62 valence electrons. The first kappa shape index (κ1) is 8.92. The van der Waals surface area contributed by atoms with Crippen molar-refractivity contribution in [1.29, 1.82) is 0 Å². The molecule has 1 aromatic heterocycles. The molecule has 0 aliphatic carbocycles. The molecule has 0 radical (unpaired) electrons. The molecule has 0 amide bonds. The second-order valence-corrected chi connectivity index (χ2v) is 3.25. The minimum Gasteiger partial charge on any atom is -0.380 e. The maximum atomic E-state index is 5.07. The Morgan fingerprint density at radius 1 is 1.82 bits per heavy atom. The second-order valence-electron chi connectivity index (χ2n) is 2.28. The van der Waals surface area contributed by atoms with E-state index in [4.69, 9.17) is 4.74 Å². The van der Waals surface area contributed by atoms with Gasteiger partial charge >= 0.3 is 0 Å². The SMILES string of the molecule is COC(C)Cn1cnc(I)n1. The van der Waals surface area contributed by atoms with Gasteiger partial charge in [-0.15, -0.1) is 5.10 Å². The highest BCUT2D eigenvalue weighted by Gasteiger charge is 2.01. The van der Waals surface area contributed by atoms with Gasteiger partial charge in [0.2, 0.25) is 3.83 Å². The number of nitrogens with zero attached hydrogens (tertiary/aromatic N) is 3. The van der Waals surface area contributed by atoms with Gasteiger partial charge in [0.25, 0.3) is 0 Å². The summed E-state index contributed by atoms with van der Waals surface area (Å²) in [5.74, 6) is 0. The summed E-state index contributed by atoms with van der Waals surface area (Å²) in [5, 5.41) is 4.11. The predicted molar refractivity (Wildman–Crippen MR) is 49.2 cm³/mol. The molecule has 0 N–H and O–H groups in total. The van der Waals surface area contributed by atoms with Crippen molar-refractivity contribution in [2.24, 2.45) is 0 Å². The molecule has 0 bridgehead atoms. The number of halogens is 1. The molecule has 0 aliphatic heterocycles. The first-order valence-electron chi connectivity index (χ1n) is 3.30. The van der Waals surface area contributed by atoms with Gasteiger partial charge in [-0.3, -0.25) is 0 Å². The normalized spacial score (nSPS) is 13.4. The largest absolute Gasteiger partial charge is 0.380 e. The molecule has 0 fully saturated rings. The van der Waals surface area contributed by atoms with Crippen LogP contribution in [0.2, 0.25) is 0 Å². The monoisotopic (exact) mass is 267 g/mol. The zero-order valence-corrected chi connectivity index (χ0v) is 8.65. The summed E-state index contributed by atoms with van der Waals surface area (Å²) >= 11 is 2.08. The quantitative estimate of drug-likeness (QED) is 0.764. The third-order valence-corrected chi connectivity index (χ3v) is 1.85. The highest BCUT2D eigenvalue weighted by Crippen LogP contribution is 1.96. The van der Waals surface area contributed by atoms with E-state index in [-0.39, 0.29) is 6.10 Å². The molecule has 1 heterocycles. The standard InChI is InChI=1S/C6H10IN3O/c1-5(11-2)3-10-4-8-6(7)9-10/h4-5H,3H2,1-2H3. The van der Waals surface area contributed by atoms with Gasteiger partial charge in [-0.1, -0.05) is 0 Å². The van der Waals surface area contributed by atoms with Crippen molar-refractivity contribution in [1.82, 2.24) is 14.8 Å². The average molecular weight is 267 g/mol. The Labute approximate surface area is 79.1 Å². The van der Waals surface area contributed by atoms with E-state index in [1.54, 1.807) is 18.1 Å². The molecule has 0 aliphatic rings. The Hall–Kier alpha value is -0.170. The Morgan fingerprint density at radius 3 is 3.00 bits per heavy atom. The zero-order valence-electron chi connectivity index (χ0n) is 6.49. The molecule has 0 saturated heterocycles. The van der Waals surface area contributed by atoms with E-state index in [1.807, 2.05) is 6.92 Å². The summed E-state index contributed by atoms with van der Waals surface area (Å²) in [4.78, 5) is 3.99. The molecule has 0 aromatic carbocycles. The molecular weight excluding hydrogens is 257 g/mol. The summed E-state index contributed by atoms with van der Waals surface area (Å²) in [6, 6.07) is 0. The van der Waals surface area contributed by atoms with Crippen LogP contribution in [0.5, 0.6) is 0 Å². The molecule has 0 saturated carbocycles. The number of aromatic nitrogens is 3. The van der Waals surface area contributed by atoms with Gasteiger partial charge in [-0.25, -0.2) is 9.67 Å². The van der Waals surface area contributed by atoms with Crippen LogP contribution < -0.4 is 0 Å². The third kappa shape index (κ3) is 2.74. The van der Waals surface area contributed by atoms with Crippen LogP contribution in [-0.4, -0.2) is 28.0 Å². The fraction of sp³-hybridized carbons (Fsp3) is 0.667. The highest BCUT2D eigenvalue weighted by atomic mass is 127.